The van der Waals surface area contributed by atoms with Gasteiger partial charge in [0.25, 0.3) is 17.1 Å². The van der Waals surface area contributed by atoms with Crippen molar-refractivity contribution in [3.8, 4) is 0 Å². The molecule has 1 aliphatic heterocycles. The van der Waals surface area contributed by atoms with Crippen LogP contribution in [-0.4, -0.2) is 32.0 Å². The Morgan fingerprint density at radius 2 is 1.70 bits per heavy atom. The Bertz CT molecular complexity index is 1470. The van der Waals surface area contributed by atoms with E-state index < -0.39 is 23.2 Å². The maximum Gasteiger partial charge on any atom is 0.430 e. The van der Waals surface area contributed by atoms with Crippen LogP contribution in [0, 0.1) is 0 Å². The summed E-state index contributed by atoms with van der Waals surface area (Å²) in [4.78, 5) is 30.4. The highest BCUT2D eigenvalue weighted by Gasteiger charge is 2.66. The van der Waals surface area contributed by atoms with E-state index in [9.17, 15) is 27.9 Å². The van der Waals surface area contributed by atoms with Gasteiger partial charge in [0.15, 0.2) is 0 Å². The van der Waals surface area contributed by atoms with Crippen molar-refractivity contribution in [2.75, 3.05) is 4.90 Å². The number of amides is 1. The molecule has 1 aliphatic rings. The average Bonchev–Trinajstić information content (AvgIpc) is 3.04. The van der Waals surface area contributed by atoms with E-state index >= 15 is 0 Å². The average molecular weight is 452 g/mol. The number of rotatable bonds is 3. The number of fused-ring (bicyclic) bond motifs is 2. The van der Waals surface area contributed by atoms with Crippen molar-refractivity contribution >= 4 is 28.1 Å². The molecule has 0 spiro atoms. The molecule has 1 unspecified atom stereocenters. The van der Waals surface area contributed by atoms with Crippen LogP contribution in [-0.2, 0) is 16.9 Å². The predicted molar refractivity (Wildman–Crippen MR) is 113 cm³/mol. The molecule has 1 N–H and O–H groups in total. The first-order chi connectivity index (χ1) is 15.7. The summed E-state index contributed by atoms with van der Waals surface area (Å²) in [5, 5.41) is 15.7. The van der Waals surface area contributed by atoms with Gasteiger partial charge in [-0.05, 0) is 23.8 Å². The highest BCUT2D eigenvalue weighted by atomic mass is 19.4. The summed E-state index contributed by atoms with van der Waals surface area (Å²) in [5.41, 5.74) is -4.20. The highest BCUT2D eigenvalue weighted by Crippen LogP contribution is 2.51. The number of pyridine rings is 1. The van der Waals surface area contributed by atoms with E-state index in [1.54, 1.807) is 24.3 Å². The summed E-state index contributed by atoms with van der Waals surface area (Å²) < 4.78 is 42.4. The highest BCUT2D eigenvalue weighted by molar-refractivity contribution is 6.12. The van der Waals surface area contributed by atoms with Crippen molar-refractivity contribution in [1.82, 2.24) is 14.8 Å². The van der Waals surface area contributed by atoms with Gasteiger partial charge in [0.05, 0.1) is 35.7 Å². The Balaban J connectivity index is 1.56. The van der Waals surface area contributed by atoms with E-state index in [-0.39, 0.29) is 23.5 Å². The zero-order chi connectivity index (χ0) is 23.4. The maximum absolute atomic E-state index is 13.7. The van der Waals surface area contributed by atoms with E-state index in [2.05, 4.69) is 10.1 Å². The lowest BCUT2D eigenvalue weighted by molar-refractivity contribution is -0.253. The molecule has 33 heavy (non-hydrogen) atoms. The van der Waals surface area contributed by atoms with Crippen molar-refractivity contribution in [2.45, 2.75) is 18.3 Å². The molecule has 10 heteroatoms. The summed E-state index contributed by atoms with van der Waals surface area (Å²) >= 11 is 0. The number of alkyl halides is 3. The lowest BCUT2D eigenvalue weighted by Gasteiger charge is -2.25. The minimum absolute atomic E-state index is 0.0161. The zero-order valence-corrected chi connectivity index (χ0v) is 16.8. The lowest BCUT2D eigenvalue weighted by atomic mass is 9.95. The van der Waals surface area contributed by atoms with Gasteiger partial charge in [-0.1, -0.05) is 36.4 Å². The smallest absolute Gasteiger partial charge is 0.368 e. The second kappa shape index (κ2) is 7.24. The molecular weight excluding hydrogens is 437 g/mol. The van der Waals surface area contributed by atoms with Crippen LogP contribution in [0.3, 0.4) is 0 Å². The summed E-state index contributed by atoms with van der Waals surface area (Å²) in [6.45, 7) is -0.0161. The minimum Gasteiger partial charge on any atom is -0.368 e. The van der Waals surface area contributed by atoms with Crippen molar-refractivity contribution < 1.29 is 23.1 Å². The fourth-order valence-electron chi connectivity index (χ4n) is 3.99. The van der Waals surface area contributed by atoms with Gasteiger partial charge < -0.3 is 5.11 Å². The fourth-order valence-corrected chi connectivity index (χ4v) is 3.99. The lowest BCUT2D eigenvalue weighted by Crippen LogP contribution is -2.49. The third kappa shape index (κ3) is 3.10. The maximum atomic E-state index is 13.7. The van der Waals surface area contributed by atoms with Gasteiger partial charge in [-0.3, -0.25) is 19.5 Å². The monoisotopic (exact) mass is 452 g/mol. The van der Waals surface area contributed by atoms with Crippen LogP contribution in [0.25, 0.3) is 10.8 Å². The third-order valence-electron chi connectivity index (χ3n) is 5.59. The zero-order valence-electron chi connectivity index (χ0n) is 16.8. The van der Waals surface area contributed by atoms with Gasteiger partial charge in [0, 0.05) is 17.1 Å². The number of benzene rings is 2. The standard InChI is InChI=1S/C23H15F3N4O3/c24-23(25,26)22(33)18-7-3-4-8-19(18)30(21(22)32)16-9-14(10-27-12-16)13-29-20(31)17-6-2-1-5-15(17)11-28-29/h1-12,33H,13H2. The summed E-state index contributed by atoms with van der Waals surface area (Å²) in [6, 6.07) is 13.6. The van der Waals surface area contributed by atoms with Crippen LogP contribution in [0.1, 0.15) is 11.1 Å². The molecule has 0 fully saturated rings. The number of carbonyl (C=O) groups excluding carboxylic acids is 1. The molecule has 3 heterocycles. The predicted octanol–water partition coefficient (Wildman–Crippen LogP) is 3.27. The number of anilines is 2. The van der Waals surface area contributed by atoms with E-state index in [1.807, 2.05) is 0 Å². The van der Waals surface area contributed by atoms with Crippen molar-refractivity contribution in [3.63, 3.8) is 0 Å². The van der Waals surface area contributed by atoms with Crippen molar-refractivity contribution in [1.29, 1.82) is 0 Å². The first kappa shape index (κ1) is 20.8. The first-order valence-corrected chi connectivity index (χ1v) is 9.84. The molecule has 2 aromatic carbocycles. The normalized spacial score (nSPS) is 18.1. The summed E-state index contributed by atoms with van der Waals surface area (Å²) in [6.07, 6.45) is -1.04. The van der Waals surface area contributed by atoms with E-state index in [4.69, 9.17) is 0 Å². The molecule has 0 bridgehead atoms. The molecule has 1 amide bonds. The molecule has 1 atom stereocenters. The number of hydrogen-bond donors (Lipinski definition) is 1. The Kier molecular flexibility index (Phi) is 4.57. The largest absolute Gasteiger partial charge is 0.430 e. The second-order valence-electron chi connectivity index (χ2n) is 7.61. The van der Waals surface area contributed by atoms with Gasteiger partial charge in [-0.2, -0.15) is 18.3 Å². The van der Waals surface area contributed by atoms with Crippen LogP contribution in [0.2, 0.25) is 0 Å². The summed E-state index contributed by atoms with van der Waals surface area (Å²) in [7, 11) is 0. The van der Waals surface area contributed by atoms with E-state index in [1.165, 1.54) is 47.5 Å². The number of aliphatic hydroxyl groups is 1. The van der Waals surface area contributed by atoms with Crippen LogP contribution < -0.4 is 10.5 Å². The van der Waals surface area contributed by atoms with Crippen molar-refractivity contribution in [2.24, 2.45) is 0 Å². The second-order valence-corrected chi connectivity index (χ2v) is 7.61. The topological polar surface area (TPSA) is 88.3 Å². The molecule has 2 aromatic heterocycles. The molecule has 5 rings (SSSR count). The molecule has 0 saturated heterocycles. The Morgan fingerprint density at radius 3 is 2.48 bits per heavy atom. The Hall–Kier alpha value is -4.05. The number of nitrogens with zero attached hydrogens (tertiary/aromatic N) is 4. The van der Waals surface area contributed by atoms with Crippen LogP contribution in [0.15, 0.2) is 78.0 Å². The molecule has 0 radical (unpaired) electrons. The number of para-hydroxylation sites is 1. The van der Waals surface area contributed by atoms with Gasteiger partial charge in [0.1, 0.15) is 0 Å². The van der Waals surface area contributed by atoms with E-state index in [0.717, 1.165) is 11.0 Å². The number of hydrogen-bond acceptors (Lipinski definition) is 5. The molecule has 166 valence electrons. The number of carbonyl (C=O) groups is 1. The Labute approximate surface area is 184 Å². The fraction of sp³-hybridized carbons (Fsp3) is 0.130. The molecular formula is C23H15F3N4O3. The molecule has 0 saturated carbocycles. The van der Waals surface area contributed by atoms with Crippen LogP contribution in [0.4, 0.5) is 24.5 Å². The summed E-state index contributed by atoms with van der Waals surface area (Å²) in [5.74, 6) is -1.55. The quantitative estimate of drug-likeness (QED) is 0.516. The van der Waals surface area contributed by atoms with Gasteiger partial charge in [0.2, 0.25) is 0 Å². The minimum atomic E-state index is -5.22. The number of aromatic nitrogens is 3. The molecule has 0 aliphatic carbocycles. The number of halogens is 3. The van der Waals surface area contributed by atoms with Gasteiger partial charge in [-0.15, -0.1) is 0 Å². The van der Waals surface area contributed by atoms with Gasteiger partial charge in [-0.25, -0.2) is 4.68 Å². The molecule has 7 nitrogen and oxygen atoms in total. The first-order valence-electron chi connectivity index (χ1n) is 9.84. The van der Waals surface area contributed by atoms with Crippen LogP contribution >= 0.6 is 0 Å². The van der Waals surface area contributed by atoms with Gasteiger partial charge >= 0.3 is 6.18 Å². The van der Waals surface area contributed by atoms with E-state index in [0.29, 0.717) is 16.3 Å². The van der Waals surface area contributed by atoms with Crippen molar-refractivity contribution in [3.05, 3.63) is 94.7 Å². The molecule has 4 aromatic rings. The SMILES string of the molecule is O=C1N(c2cncc(Cn3ncc4ccccc4c3=O)c2)c2ccccc2C1(O)C(F)(F)F. The Morgan fingerprint density at radius 1 is 0.970 bits per heavy atom. The third-order valence-corrected chi connectivity index (χ3v) is 5.59. The van der Waals surface area contributed by atoms with Crippen LogP contribution in [0.5, 0.6) is 0 Å².